The minimum absolute atomic E-state index is 0. The Labute approximate surface area is 189 Å². The van der Waals surface area contributed by atoms with Crippen LogP contribution in [0, 0.1) is 0 Å². The van der Waals surface area contributed by atoms with Gasteiger partial charge in [0.05, 0.1) is 40.1 Å². The molecule has 0 radical (unpaired) electrons. The van der Waals surface area contributed by atoms with Gasteiger partial charge in [-0.3, -0.25) is 4.68 Å². The zero-order valence-corrected chi connectivity index (χ0v) is 19.8. The fourth-order valence-corrected chi connectivity index (χ4v) is 3.22. The summed E-state index contributed by atoms with van der Waals surface area (Å²) >= 11 is 0. The molecule has 0 spiro atoms. The lowest BCUT2D eigenvalue weighted by Crippen LogP contribution is -2.48. The van der Waals surface area contributed by atoms with Crippen molar-refractivity contribution in [3.05, 3.63) is 41.7 Å². The number of ether oxygens (including phenoxy) is 3. The monoisotopic (exact) mass is 515 g/mol. The smallest absolute Gasteiger partial charge is 0.194 e. The maximum atomic E-state index is 5.95. The molecule has 9 heteroatoms. The highest BCUT2D eigenvalue weighted by atomic mass is 127. The van der Waals surface area contributed by atoms with E-state index >= 15 is 0 Å². The molecule has 1 aromatic carbocycles. The van der Waals surface area contributed by atoms with E-state index in [0.29, 0.717) is 18.9 Å². The number of aliphatic imine (C=N–C) groups is 1. The number of rotatable bonds is 6. The van der Waals surface area contributed by atoms with Gasteiger partial charge in [-0.05, 0) is 24.6 Å². The van der Waals surface area contributed by atoms with E-state index in [1.165, 1.54) is 0 Å². The van der Waals surface area contributed by atoms with Crippen molar-refractivity contribution < 1.29 is 14.2 Å². The molecule has 1 N–H and O–H groups in total. The van der Waals surface area contributed by atoms with Gasteiger partial charge in [0, 0.05) is 31.9 Å². The fraction of sp³-hybridized carbons (Fsp3) is 0.500. The Morgan fingerprint density at radius 2 is 2.10 bits per heavy atom. The van der Waals surface area contributed by atoms with Gasteiger partial charge in [0.2, 0.25) is 0 Å². The van der Waals surface area contributed by atoms with Gasteiger partial charge in [-0.25, -0.2) is 4.99 Å². The molecule has 1 fully saturated rings. The largest absolute Gasteiger partial charge is 0.493 e. The molecule has 1 unspecified atom stereocenters. The van der Waals surface area contributed by atoms with Crippen LogP contribution in [0.1, 0.15) is 24.2 Å². The number of benzene rings is 1. The van der Waals surface area contributed by atoms with E-state index in [0.717, 1.165) is 42.5 Å². The van der Waals surface area contributed by atoms with Crippen LogP contribution in [0.4, 0.5) is 0 Å². The van der Waals surface area contributed by atoms with Gasteiger partial charge in [-0.15, -0.1) is 24.0 Å². The number of aromatic nitrogens is 2. The van der Waals surface area contributed by atoms with Crippen LogP contribution in [0.15, 0.2) is 35.6 Å². The second kappa shape index (κ2) is 11.2. The van der Waals surface area contributed by atoms with E-state index in [9.17, 15) is 0 Å². The number of methoxy groups -OCH3 is 2. The van der Waals surface area contributed by atoms with Crippen molar-refractivity contribution >= 4 is 29.9 Å². The van der Waals surface area contributed by atoms with E-state index < -0.39 is 0 Å². The van der Waals surface area contributed by atoms with Gasteiger partial charge >= 0.3 is 0 Å². The quantitative estimate of drug-likeness (QED) is 0.363. The highest BCUT2D eigenvalue weighted by Gasteiger charge is 2.25. The fourth-order valence-electron chi connectivity index (χ4n) is 3.22. The van der Waals surface area contributed by atoms with Crippen LogP contribution in [0.3, 0.4) is 0 Å². The van der Waals surface area contributed by atoms with Crippen molar-refractivity contribution in [3.63, 3.8) is 0 Å². The van der Waals surface area contributed by atoms with Crippen molar-refractivity contribution in [2.45, 2.75) is 19.6 Å². The van der Waals surface area contributed by atoms with Crippen molar-refractivity contribution in [3.8, 4) is 11.5 Å². The Kier molecular flexibility index (Phi) is 9.02. The average molecular weight is 515 g/mol. The molecule has 29 heavy (non-hydrogen) atoms. The van der Waals surface area contributed by atoms with Crippen LogP contribution in [0.5, 0.6) is 11.5 Å². The van der Waals surface area contributed by atoms with E-state index in [4.69, 9.17) is 19.2 Å². The molecule has 160 valence electrons. The topological polar surface area (TPSA) is 73.1 Å². The summed E-state index contributed by atoms with van der Waals surface area (Å²) in [6, 6.07) is 5.87. The first kappa shape index (κ1) is 23.3. The lowest BCUT2D eigenvalue weighted by molar-refractivity contribution is -0.00805. The molecular formula is C20H30IN5O3. The average Bonchev–Trinajstić information content (AvgIpc) is 3.17. The Balaban J connectivity index is 0.00000300. The summed E-state index contributed by atoms with van der Waals surface area (Å²) in [4.78, 5) is 7.07. The number of nitrogens with zero attached hydrogens (tertiary/aromatic N) is 4. The molecule has 2 aromatic rings. The molecule has 0 bridgehead atoms. The molecule has 1 aromatic heterocycles. The Morgan fingerprint density at radius 1 is 1.31 bits per heavy atom. The predicted octanol–water partition coefficient (Wildman–Crippen LogP) is 2.59. The minimum Gasteiger partial charge on any atom is -0.493 e. The summed E-state index contributed by atoms with van der Waals surface area (Å²) in [6.07, 6.45) is 3.86. The van der Waals surface area contributed by atoms with Crippen LogP contribution in [0.25, 0.3) is 0 Å². The van der Waals surface area contributed by atoms with Gasteiger partial charge in [0.25, 0.3) is 0 Å². The molecule has 3 rings (SSSR count). The molecular weight excluding hydrogens is 485 g/mol. The first-order valence-electron chi connectivity index (χ1n) is 9.49. The third kappa shape index (κ3) is 5.99. The zero-order valence-electron chi connectivity index (χ0n) is 17.4. The zero-order chi connectivity index (χ0) is 19.9. The number of guanidine groups is 1. The summed E-state index contributed by atoms with van der Waals surface area (Å²) in [7, 11) is 5.19. The van der Waals surface area contributed by atoms with Gasteiger partial charge < -0.3 is 24.4 Å². The van der Waals surface area contributed by atoms with Crippen LogP contribution in [-0.2, 0) is 18.3 Å². The molecule has 8 nitrogen and oxygen atoms in total. The van der Waals surface area contributed by atoms with Crippen LogP contribution < -0.4 is 14.8 Å². The molecule has 1 atom stereocenters. The molecule has 1 aliphatic rings. The second-order valence-corrected chi connectivity index (χ2v) is 6.61. The summed E-state index contributed by atoms with van der Waals surface area (Å²) in [5.74, 6) is 2.31. The number of halogens is 1. The molecule has 0 saturated carbocycles. The minimum atomic E-state index is -0.00705. The van der Waals surface area contributed by atoms with E-state index in [-0.39, 0.29) is 30.1 Å². The normalized spacial score (nSPS) is 16.9. The predicted molar refractivity (Wildman–Crippen MR) is 123 cm³/mol. The summed E-state index contributed by atoms with van der Waals surface area (Å²) in [5.41, 5.74) is 2.15. The lowest BCUT2D eigenvalue weighted by atomic mass is 10.1. The number of hydrogen-bond donors (Lipinski definition) is 1. The van der Waals surface area contributed by atoms with E-state index in [2.05, 4.69) is 22.2 Å². The standard InChI is InChI=1S/C20H29N5O3.HI/c1-5-21-20(22-11-15-6-7-17(26-3)18(10-15)27-4)25-8-9-28-19(14-25)16-12-23-24(2)13-16;/h6-7,10,12-13,19H,5,8-9,11,14H2,1-4H3,(H,21,22);1H. The number of morpholine rings is 1. The maximum Gasteiger partial charge on any atom is 0.194 e. The third-order valence-electron chi connectivity index (χ3n) is 4.66. The van der Waals surface area contributed by atoms with Crippen LogP contribution in [-0.4, -0.2) is 61.1 Å². The van der Waals surface area contributed by atoms with Crippen molar-refractivity contribution in [1.29, 1.82) is 0 Å². The Hall–Kier alpha value is -2.01. The number of aryl methyl sites for hydroxylation is 1. The molecule has 2 heterocycles. The Bertz CT molecular complexity index is 811. The molecule has 1 saturated heterocycles. The molecule has 1 aliphatic heterocycles. The maximum absolute atomic E-state index is 5.95. The number of nitrogens with one attached hydrogen (secondary N) is 1. The van der Waals surface area contributed by atoms with Gasteiger partial charge in [0.1, 0.15) is 6.10 Å². The SMILES string of the molecule is CCNC(=NCc1ccc(OC)c(OC)c1)N1CCOC(c2cnn(C)c2)C1.I. The van der Waals surface area contributed by atoms with Crippen molar-refractivity contribution in [2.24, 2.45) is 12.0 Å². The van der Waals surface area contributed by atoms with Gasteiger partial charge in [0.15, 0.2) is 17.5 Å². The van der Waals surface area contributed by atoms with Gasteiger partial charge in [-0.2, -0.15) is 5.10 Å². The van der Waals surface area contributed by atoms with E-state index in [1.807, 2.05) is 37.6 Å². The summed E-state index contributed by atoms with van der Waals surface area (Å²) < 4.78 is 18.4. The molecule has 0 aliphatic carbocycles. The highest BCUT2D eigenvalue weighted by molar-refractivity contribution is 14.0. The third-order valence-corrected chi connectivity index (χ3v) is 4.66. The second-order valence-electron chi connectivity index (χ2n) is 6.61. The lowest BCUT2D eigenvalue weighted by Gasteiger charge is -2.34. The first-order chi connectivity index (χ1) is 13.6. The molecule has 0 amide bonds. The van der Waals surface area contributed by atoms with Crippen LogP contribution in [0.2, 0.25) is 0 Å². The number of hydrogen-bond acceptors (Lipinski definition) is 5. The Morgan fingerprint density at radius 3 is 2.76 bits per heavy atom. The first-order valence-corrected chi connectivity index (χ1v) is 9.49. The summed E-state index contributed by atoms with van der Waals surface area (Å²) in [5, 5.41) is 7.65. The van der Waals surface area contributed by atoms with Crippen LogP contribution >= 0.6 is 24.0 Å². The highest BCUT2D eigenvalue weighted by Crippen LogP contribution is 2.28. The van der Waals surface area contributed by atoms with E-state index in [1.54, 1.807) is 18.9 Å². The van der Waals surface area contributed by atoms with Gasteiger partial charge in [-0.1, -0.05) is 6.07 Å². The van der Waals surface area contributed by atoms with Crippen molar-refractivity contribution in [1.82, 2.24) is 20.0 Å². The summed E-state index contributed by atoms with van der Waals surface area (Å²) in [6.45, 7) is 5.63. The van der Waals surface area contributed by atoms with Crippen molar-refractivity contribution in [2.75, 3.05) is 40.5 Å².